The third kappa shape index (κ3) is 1.87. The van der Waals surface area contributed by atoms with Crippen LogP contribution in [0.4, 0.5) is 0 Å². The first kappa shape index (κ1) is 9.45. The zero-order valence-corrected chi connectivity index (χ0v) is 8.14. The number of carbonyl (C=O) groups excluding carboxylic acids is 2. The van der Waals surface area contributed by atoms with E-state index in [9.17, 15) is 9.59 Å². The highest BCUT2D eigenvalue weighted by atomic mass is 16.2. The van der Waals surface area contributed by atoms with E-state index in [1.165, 1.54) is 24.2 Å². The minimum Gasteiger partial charge on any atom is -0.324 e. The molecular weight excluding hydrogens is 182 g/mol. The average Bonchev–Trinajstić information content (AvgIpc) is 2.23. The number of hydrogen-bond acceptors (Lipinski definition) is 2. The Hall–Kier alpha value is -1.10. The molecule has 2 saturated heterocycles. The maximum absolute atomic E-state index is 11.5. The first-order valence-corrected chi connectivity index (χ1v) is 5.20. The van der Waals surface area contributed by atoms with Gasteiger partial charge in [0.2, 0.25) is 5.91 Å². The van der Waals surface area contributed by atoms with Crippen molar-refractivity contribution in [2.75, 3.05) is 13.1 Å². The van der Waals surface area contributed by atoms with Crippen molar-refractivity contribution < 1.29 is 14.5 Å². The summed E-state index contributed by atoms with van der Waals surface area (Å²) in [5, 5.41) is 0. The molecule has 2 amide bonds. The van der Waals surface area contributed by atoms with Crippen LogP contribution in [0.5, 0.6) is 0 Å². The third-order valence-corrected chi connectivity index (χ3v) is 3.02. The zero-order chi connectivity index (χ0) is 9.97. The fraction of sp³-hybridized carbons (Fsp3) is 0.778. The largest absolute Gasteiger partial charge is 0.324 e. The van der Waals surface area contributed by atoms with E-state index in [2.05, 4.69) is 10.9 Å². The van der Waals surface area contributed by atoms with Gasteiger partial charge in [-0.05, 0) is 19.3 Å². The van der Waals surface area contributed by atoms with Crippen LogP contribution in [0.2, 0.25) is 0 Å². The van der Waals surface area contributed by atoms with Gasteiger partial charge in [0.25, 0.3) is 5.91 Å². The number of carbonyl (C=O) groups is 2. The summed E-state index contributed by atoms with van der Waals surface area (Å²) in [6.07, 6.45) is 3.92. The van der Waals surface area contributed by atoms with Crippen molar-refractivity contribution in [3.8, 4) is 0 Å². The first-order valence-electron chi connectivity index (χ1n) is 5.20. The topological polar surface area (TPSA) is 62.6 Å². The summed E-state index contributed by atoms with van der Waals surface area (Å²) in [6.45, 7) is 2.04. The molecular formula is C9H16N3O2+. The molecule has 0 unspecified atom stereocenters. The highest BCUT2D eigenvalue weighted by Gasteiger charge is 2.36. The molecule has 78 valence electrons. The minimum atomic E-state index is -0.163. The van der Waals surface area contributed by atoms with Crippen LogP contribution in [0.3, 0.4) is 0 Å². The van der Waals surface area contributed by atoms with Crippen molar-refractivity contribution in [2.24, 2.45) is 0 Å². The van der Waals surface area contributed by atoms with Gasteiger partial charge in [-0.25, -0.2) is 0 Å². The van der Waals surface area contributed by atoms with Gasteiger partial charge < -0.3 is 4.90 Å². The minimum absolute atomic E-state index is 0.0403. The predicted molar refractivity (Wildman–Crippen MR) is 49.2 cm³/mol. The molecule has 0 radical (unpaired) electrons. The Labute approximate surface area is 82.8 Å². The summed E-state index contributed by atoms with van der Waals surface area (Å²) < 4.78 is 0. The monoisotopic (exact) mass is 198 g/mol. The predicted octanol–water partition coefficient (Wildman–Crippen LogP) is -2.03. The second kappa shape index (κ2) is 3.96. The molecule has 0 spiro atoms. The zero-order valence-electron chi connectivity index (χ0n) is 8.14. The van der Waals surface area contributed by atoms with Gasteiger partial charge in [-0.3, -0.25) is 20.4 Å². The van der Waals surface area contributed by atoms with Crippen molar-refractivity contribution in [1.29, 1.82) is 0 Å². The molecule has 0 bridgehead atoms. The summed E-state index contributed by atoms with van der Waals surface area (Å²) in [7, 11) is 0. The van der Waals surface area contributed by atoms with Crippen LogP contribution in [-0.2, 0) is 9.59 Å². The van der Waals surface area contributed by atoms with Crippen molar-refractivity contribution in [1.82, 2.24) is 10.9 Å². The van der Waals surface area contributed by atoms with E-state index < -0.39 is 0 Å². The number of amides is 2. The number of quaternary nitrogens is 1. The normalized spacial score (nSPS) is 29.6. The van der Waals surface area contributed by atoms with E-state index >= 15 is 0 Å². The van der Waals surface area contributed by atoms with Crippen LogP contribution in [0.1, 0.15) is 25.7 Å². The molecule has 2 rings (SSSR count). The summed E-state index contributed by atoms with van der Waals surface area (Å²) in [5.41, 5.74) is 4.77. The lowest BCUT2D eigenvalue weighted by Crippen LogP contribution is -3.18. The average molecular weight is 198 g/mol. The maximum atomic E-state index is 11.5. The number of likely N-dealkylation sites (tertiary alicyclic amines) is 1. The van der Waals surface area contributed by atoms with Crippen molar-refractivity contribution in [3.05, 3.63) is 0 Å². The molecule has 0 saturated carbocycles. The van der Waals surface area contributed by atoms with E-state index in [-0.39, 0.29) is 17.9 Å². The molecule has 1 atom stereocenters. The molecule has 2 fully saturated rings. The molecule has 2 aliphatic heterocycles. The van der Waals surface area contributed by atoms with E-state index in [1.807, 2.05) is 0 Å². The lowest BCUT2D eigenvalue weighted by Gasteiger charge is -2.32. The molecule has 14 heavy (non-hydrogen) atoms. The highest BCUT2D eigenvalue weighted by molar-refractivity contribution is 5.92. The molecule has 0 aliphatic carbocycles. The van der Waals surface area contributed by atoms with E-state index in [0.717, 1.165) is 13.1 Å². The van der Waals surface area contributed by atoms with Crippen LogP contribution in [0.15, 0.2) is 0 Å². The van der Waals surface area contributed by atoms with Gasteiger partial charge in [0.1, 0.15) is 0 Å². The summed E-state index contributed by atoms with van der Waals surface area (Å²) in [4.78, 5) is 23.9. The van der Waals surface area contributed by atoms with Gasteiger partial charge >= 0.3 is 0 Å². The molecule has 2 aliphatic rings. The van der Waals surface area contributed by atoms with Crippen LogP contribution in [-0.4, -0.2) is 30.9 Å². The number of nitrogens with one attached hydrogen (secondary N) is 3. The van der Waals surface area contributed by atoms with Crippen LogP contribution in [0, 0.1) is 0 Å². The Morgan fingerprint density at radius 2 is 1.79 bits per heavy atom. The first-order chi connectivity index (χ1) is 6.77. The van der Waals surface area contributed by atoms with Gasteiger partial charge in [-0.15, -0.1) is 0 Å². The number of piperidine rings is 1. The van der Waals surface area contributed by atoms with Gasteiger partial charge in [0.05, 0.1) is 19.5 Å². The number of hydrogen-bond donors (Lipinski definition) is 3. The van der Waals surface area contributed by atoms with Crippen molar-refractivity contribution >= 4 is 11.8 Å². The Kier molecular flexibility index (Phi) is 2.67. The van der Waals surface area contributed by atoms with Gasteiger partial charge in [-0.1, -0.05) is 0 Å². The van der Waals surface area contributed by atoms with Gasteiger partial charge in [0.15, 0.2) is 6.04 Å². The molecule has 0 aromatic rings. The third-order valence-electron chi connectivity index (χ3n) is 3.02. The highest BCUT2D eigenvalue weighted by Crippen LogP contribution is 1.99. The smallest absolute Gasteiger partial charge is 0.297 e. The SMILES string of the molecule is O=C1C[C@H]([NH+]2CCCCC2)C(=O)NN1. The second-order valence-corrected chi connectivity index (χ2v) is 4.01. The van der Waals surface area contributed by atoms with Crippen LogP contribution < -0.4 is 15.8 Å². The lowest BCUT2D eigenvalue weighted by atomic mass is 10.0. The second-order valence-electron chi connectivity index (χ2n) is 4.01. The Morgan fingerprint density at radius 1 is 1.07 bits per heavy atom. The van der Waals surface area contributed by atoms with E-state index in [4.69, 9.17) is 0 Å². The fourth-order valence-electron chi connectivity index (χ4n) is 2.23. The van der Waals surface area contributed by atoms with E-state index in [0.29, 0.717) is 6.42 Å². The van der Waals surface area contributed by atoms with Crippen molar-refractivity contribution in [2.45, 2.75) is 31.7 Å². The molecule has 5 heteroatoms. The number of rotatable bonds is 1. The maximum Gasteiger partial charge on any atom is 0.297 e. The van der Waals surface area contributed by atoms with Gasteiger partial charge in [0, 0.05) is 0 Å². The summed E-state index contributed by atoms with van der Waals surface area (Å²) >= 11 is 0. The quantitative estimate of drug-likeness (QED) is 0.455. The summed E-state index contributed by atoms with van der Waals surface area (Å²) in [5.74, 6) is -0.117. The van der Waals surface area contributed by atoms with Crippen LogP contribution >= 0.6 is 0 Å². The molecule has 0 aromatic carbocycles. The lowest BCUT2D eigenvalue weighted by molar-refractivity contribution is -0.920. The molecule has 2 heterocycles. The Morgan fingerprint density at radius 3 is 2.50 bits per heavy atom. The standard InChI is InChI=1S/C9H15N3O2/c13-8-6-7(9(14)11-10-8)12-4-2-1-3-5-12/h7H,1-6H2,(H,10,13)(H,11,14)/p+1/t7-/m0/s1. The Balaban J connectivity index is 1.99. The number of hydrazine groups is 1. The Bertz CT molecular complexity index is 248. The van der Waals surface area contributed by atoms with Crippen molar-refractivity contribution in [3.63, 3.8) is 0 Å². The van der Waals surface area contributed by atoms with Gasteiger partial charge in [-0.2, -0.15) is 0 Å². The molecule has 5 nitrogen and oxygen atoms in total. The summed E-state index contributed by atoms with van der Waals surface area (Å²) in [6, 6.07) is -0.163. The molecule has 0 aromatic heterocycles. The fourth-order valence-corrected chi connectivity index (χ4v) is 2.23. The van der Waals surface area contributed by atoms with E-state index in [1.54, 1.807) is 0 Å². The van der Waals surface area contributed by atoms with Crippen LogP contribution in [0.25, 0.3) is 0 Å². The molecule has 3 N–H and O–H groups in total.